The van der Waals surface area contributed by atoms with Crippen LogP contribution in [0.15, 0.2) is 82.6 Å². The molecule has 35 heavy (non-hydrogen) atoms. The quantitative estimate of drug-likeness (QED) is 0.269. The van der Waals surface area contributed by atoms with Crippen molar-refractivity contribution in [1.82, 2.24) is 24.5 Å². The number of benzene rings is 2. The molecule has 0 radical (unpaired) electrons. The van der Waals surface area contributed by atoms with Crippen LogP contribution >= 0.6 is 11.8 Å². The summed E-state index contributed by atoms with van der Waals surface area (Å²) in [6.07, 6.45) is 5.01. The standard InChI is InChI=1S/C27H25N5O2S/c1-33-21-11-5-8-19(16-21)26-28-29-27(31(26)17-22-12-7-15-34-22)35-18-24-23-13-6-14-25(23)32(30-24)20-9-3-2-4-10-20/h2-5,7-12,15-16H,6,13-14,17-18H2,1H3. The van der Waals surface area contributed by atoms with Crippen LogP contribution in [0.5, 0.6) is 5.75 Å². The van der Waals surface area contributed by atoms with Gasteiger partial charge in [0, 0.05) is 17.0 Å². The molecular weight excluding hydrogens is 458 g/mol. The Morgan fingerprint density at radius 3 is 2.74 bits per heavy atom. The Labute approximate surface area is 207 Å². The first-order valence-corrected chi connectivity index (χ1v) is 12.7. The van der Waals surface area contributed by atoms with Gasteiger partial charge < -0.3 is 9.15 Å². The Kier molecular flexibility index (Phi) is 5.88. The van der Waals surface area contributed by atoms with E-state index in [0.717, 1.165) is 58.0 Å². The number of aromatic nitrogens is 5. The highest BCUT2D eigenvalue weighted by Gasteiger charge is 2.24. The van der Waals surface area contributed by atoms with Crippen molar-refractivity contribution in [3.63, 3.8) is 0 Å². The Morgan fingerprint density at radius 2 is 1.91 bits per heavy atom. The predicted octanol–water partition coefficient (Wildman–Crippen LogP) is 5.56. The van der Waals surface area contributed by atoms with Crippen molar-refractivity contribution < 1.29 is 9.15 Å². The maximum atomic E-state index is 5.65. The molecule has 0 N–H and O–H groups in total. The third kappa shape index (κ3) is 4.25. The first kappa shape index (κ1) is 21.7. The average molecular weight is 484 g/mol. The van der Waals surface area contributed by atoms with E-state index in [-0.39, 0.29) is 0 Å². The molecule has 1 aliphatic carbocycles. The second-order valence-electron chi connectivity index (χ2n) is 8.47. The first-order valence-electron chi connectivity index (χ1n) is 11.7. The van der Waals surface area contributed by atoms with Crippen LogP contribution in [0.3, 0.4) is 0 Å². The molecule has 5 aromatic rings. The summed E-state index contributed by atoms with van der Waals surface area (Å²) in [5, 5.41) is 15.0. The minimum absolute atomic E-state index is 0.547. The fourth-order valence-corrected chi connectivity index (χ4v) is 5.52. The fraction of sp³-hybridized carbons (Fsp3) is 0.222. The van der Waals surface area contributed by atoms with Gasteiger partial charge >= 0.3 is 0 Å². The van der Waals surface area contributed by atoms with Crippen molar-refractivity contribution in [3.8, 4) is 22.8 Å². The number of nitrogens with zero attached hydrogens (tertiary/aromatic N) is 5. The molecule has 0 atom stereocenters. The lowest BCUT2D eigenvalue weighted by Gasteiger charge is -2.09. The van der Waals surface area contributed by atoms with Gasteiger partial charge in [-0.1, -0.05) is 42.1 Å². The SMILES string of the molecule is COc1cccc(-c2nnc(SCc3nn(-c4ccccc4)c4c3CCC4)n2Cc2ccco2)c1. The zero-order chi connectivity index (χ0) is 23.6. The first-order chi connectivity index (χ1) is 17.3. The molecular formula is C27H25N5O2S. The van der Waals surface area contributed by atoms with E-state index in [0.29, 0.717) is 6.54 Å². The molecule has 2 aromatic carbocycles. The second kappa shape index (κ2) is 9.46. The van der Waals surface area contributed by atoms with Crippen molar-refractivity contribution in [2.75, 3.05) is 7.11 Å². The lowest BCUT2D eigenvalue weighted by Crippen LogP contribution is -2.04. The fourth-order valence-electron chi connectivity index (χ4n) is 4.62. The van der Waals surface area contributed by atoms with Gasteiger partial charge in [0.05, 0.1) is 31.3 Å². The molecule has 176 valence electrons. The Morgan fingerprint density at radius 1 is 1.00 bits per heavy atom. The van der Waals surface area contributed by atoms with E-state index >= 15 is 0 Å². The van der Waals surface area contributed by atoms with Crippen LogP contribution in [0.25, 0.3) is 17.1 Å². The monoisotopic (exact) mass is 483 g/mol. The molecule has 3 heterocycles. The summed E-state index contributed by atoms with van der Waals surface area (Å²) in [5.41, 5.74) is 5.90. The third-order valence-corrected chi connectivity index (χ3v) is 7.27. The van der Waals surface area contributed by atoms with E-state index in [9.17, 15) is 0 Å². The predicted molar refractivity (Wildman–Crippen MR) is 135 cm³/mol. The molecule has 1 aliphatic rings. The van der Waals surface area contributed by atoms with Crippen LogP contribution in [0.4, 0.5) is 0 Å². The molecule has 0 amide bonds. The number of hydrogen-bond donors (Lipinski definition) is 0. The highest BCUT2D eigenvalue weighted by atomic mass is 32.2. The van der Waals surface area contributed by atoms with E-state index in [1.54, 1.807) is 25.1 Å². The van der Waals surface area contributed by atoms with E-state index in [2.05, 4.69) is 43.7 Å². The van der Waals surface area contributed by atoms with Crippen molar-refractivity contribution in [1.29, 1.82) is 0 Å². The van der Waals surface area contributed by atoms with Gasteiger partial charge in [0.15, 0.2) is 11.0 Å². The lowest BCUT2D eigenvalue weighted by molar-refractivity contribution is 0.415. The number of thioether (sulfide) groups is 1. The molecule has 6 rings (SSSR count). The molecule has 0 fully saturated rings. The van der Waals surface area contributed by atoms with E-state index in [1.165, 1.54) is 17.7 Å². The number of rotatable bonds is 8. The molecule has 0 aliphatic heterocycles. The van der Waals surface area contributed by atoms with Gasteiger partial charge in [-0.25, -0.2) is 4.68 Å². The van der Waals surface area contributed by atoms with Gasteiger partial charge in [0.25, 0.3) is 0 Å². The number of furan rings is 1. The zero-order valence-electron chi connectivity index (χ0n) is 19.4. The van der Waals surface area contributed by atoms with Crippen molar-refractivity contribution in [3.05, 3.63) is 95.7 Å². The summed E-state index contributed by atoms with van der Waals surface area (Å²) in [7, 11) is 1.67. The summed E-state index contributed by atoms with van der Waals surface area (Å²) < 4.78 is 15.3. The van der Waals surface area contributed by atoms with Crippen LogP contribution in [0.2, 0.25) is 0 Å². The number of methoxy groups -OCH3 is 1. The normalized spacial score (nSPS) is 12.7. The average Bonchev–Trinajstić information content (AvgIpc) is 3.70. The van der Waals surface area contributed by atoms with E-state index in [1.807, 2.05) is 42.5 Å². The maximum Gasteiger partial charge on any atom is 0.192 e. The van der Waals surface area contributed by atoms with Crippen molar-refractivity contribution in [2.45, 2.75) is 36.7 Å². The largest absolute Gasteiger partial charge is 0.497 e. The number of fused-ring (bicyclic) bond motifs is 1. The zero-order valence-corrected chi connectivity index (χ0v) is 20.2. The molecule has 0 saturated heterocycles. The summed E-state index contributed by atoms with van der Waals surface area (Å²) >= 11 is 1.66. The minimum Gasteiger partial charge on any atom is -0.497 e. The van der Waals surface area contributed by atoms with Crippen LogP contribution in [0.1, 0.15) is 29.1 Å². The van der Waals surface area contributed by atoms with Crippen molar-refractivity contribution >= 4 is 11.8 Å². The summed E-state index contributed by atoms with van der Waals surface area (Å²) in [5.74, 6) is 3.15. The van der Waals surface area contributed by atoms with Crippen LogP contribution in [-0.2, 0) is 25.1 Å². The molecule has 0 unspecified atom stereocenters. The van der Waals surface area contributed by atoms with Crippen LogP contribution in [-0.4, -0.2) is 31.7 Å². The third-order valence-electron chi connectivity index (χ3n) is 6.29. The molecule has 7 nitrogen and oxygen atoms in total. The Bertz CT molecular complexity index is 1440. The van der Waals surface area contributed by atoms with Gasteiger partial charge in [-0.15, -0.1) is 10.2 Å². The highest BCUT2D eigenvalue weighted by molar-refractivity contribution is 7.98. The van der Waals surface area contributed by atoms with Gasteiger partial charge in [-0.3, -0.25) is 4.57 Å². The summed E-state index contributed by atoms with van der Waals surface area (Å²) in [4.78, 5) is 0. The molecule has 0 saturated carbocycles. The topological polar surface area (TPSA) is 70.9 Å². The van der Waals surface area contributed by atoms with Gasteiger partial charge in [0.2, 0.25) is 0 Å². The Balaban J connectivity index is 1.32. The minimum atomic E-state index is 0.547. The molecule has 3 aromatic heterocycles. The number of hydrogen-bond acceptors (Lipinski definition) is 6. The molecule has 0 bridgehead atoms. The molecule has 8 heteroatoms. The Hall–Kier alpha value is -3.78. The van der Waals surface area contributed by atoms with E-state index < -0.39 is 0 Å². The maximum absolute atomic E-state index is 5.65. The summed E-state index contributed by atoms with van der Waals surface area (Å²) in [6, 6.07) is 22.1. The van der Waals surface area contributed by atoms with Crippen LogP contribution < -0.4 is 4.74 Å². The number of para-hydroxylation sites is 1. The number of ether oxygens (including phenoxy) is 1. The van der Waals surface area contributed by atoms with Crippen molar-refractivity contribution in [2.24, 2.45) is 0 Å². The summed E-state index contributed by atoms with van der Waals surface area (Å²) in [6.45, 7) is 0.547. The van der Waals surface area contributed by atoms with E-state index in [4.69, 9.17) is 14.3 Å². The smallest absolute Gasteiger partial charge is 0.192 e. The second-order valence-corrected chi connectivity index (χ2v) is 9.41. The highest BCUT2D eigenvalue weighted by Crippen LogP contribution is 2.33. The lowest BCUT2D eigenvalue weighted by atomic mass is 10.2. The molecule has 0 spiro atoms. The van der Waals surface area contributed by atoms with Gasteiger partial charge in [-0.2, -0.15) is 5.10 Å². The van der Waals surface area contributed by atoms with Gasteiger partial charge in [0.1, 0.15) is 11.5 Å². The van der Waals surface area contributed by atoms with Gasteiger partial charge in [-0.05, 0) is 61.2 Å². The van der Waals surface area contributed by atoms with Crippen LogP contribution in [0, 0.1) is 0 Å².